The van der Waals surface area contributed by atoms with E-state index in [0.29, 0.717) is 40.3 Å². The SMILES string of the molecule is Nc1nnc2c(-c3cccc(C(F)(F)F)c3)c(-c3ccncc3)nc(CCCc3ccccc3)n12. The van der Waals surface area contributed by atoms with Gasteiger partial charge in [0.25, 0.3) is 0 Å². The van der Waals surface area contributed by atoms with Gasteiger partial charge in [-0.05, 0) is 48.2 Å². The summed E-state index contributed by atoms with van der Waals surface area (Å²) in [5.74, 6) is 0.776. The van der Waals surface area contributed by atoms with E-state index in [4.69, 9.17) is 10.7 Å². The molecule has 0 bridgehead atoms. The molecule has 35 heavy (non-hydrogen) atoms. The minimum atomic E-state index is -4.49. The summed E-state index contributed by atoms with van der Waals surface area (Å²) in [6.45, 7) is 0. The van der Waals surface area contributed by atoms with Crippen molar-refractivity contribution in [1.82, 2.24) is 24.6 Å². The minimum absolute atomic E-state index is 0.136. The molecule has 0 saturated heterocycles. The Morgan fingerprint density at radius 2 is 1.60 bits per heavy atom. The van der Waals surface area contributed by atoms with Crippen molar-refractivity contribution >= 4 is 11.6 Å². The number of anilines is 1. The first kappa shape index (κ1) is 22.5. The minimum Gasteiger partial charge on any atom is -0.368 e. The van der Waals surface area contributed by atoms with Crippen molar-refractivity contribution in [3.63, 3.8) is 0 Å². The van der Waals surface area contributed by atoms with E-state index in [1.54, 1.807) is 35.0 Å². The fourth-order valence-electron chi connectivity index (χ4n) is 4.15. The van der Waals surface area contributed by atoms with Crippen LogP contribution in [0.4, 0.5) is 19.1 Å². The number of aryl methyl sites for hydroxylation is 2. The summed E-state index contributed by atoms with van der Waals surface area (Å²) in [7, 11) is 0. The summed E-state index contributed by atoms with van der Waals surface area (Å²) in [4.78, 5) is 8.96. The lowest BCUT2D eigenvalue weighted by Crippen LogP contribution is -2.09. The van der Waals surface area contributed by atoms with Crippen molar-refractivity contribution in [2.75, 3.05) is 5.73 Å². The van der Waals surface area contributed by atoms with E-state index in [0.717, 1.165) is 25.0 Å². The van der Waals surface area contributed by atoms with Crippen LogP contribution in [0.1, 0.15) is 23.4 Å². The molecule has 0 amide bonds. The van der Waals surface area contributed by atoms with Gasteiger partial charge in [0.15, 0.2) is 5.65 Å². The Bertz CT molecular complexity index is 1460. The molecule has 0 aliphatic rings. The highest BCUT2D eigenvalue weighted by molar-refractivity contribution is 5.90. The van der Waals surface area contributed by atoms with Crippen molar-refractivity contribution in [3.8, 4) is 22.4 Å². The van der Waals surface area contributed by atoms with Gasteiger partial charge in [-0.3, -0.25) is 4.98 Å². The maximum absolute atomic E-state index is 13.5. The first-order chi connectivity index (χ1) is 16.9. The van der Waals surface area contributed by atoms with E-state index in [2.05, 4.69) is 27.3 Å². The second-order valence-corrected chi connectivity index (χ2v) is 8.12. The number of hydrogen-bond donors (Lipinski definition) is 1. The molecule has 176 valence electrons. The predicted molar refractivity (Wildman–Crippen MR) is 127 cm³/mol. The monoisotopic (exact) mass is 474 g/mol. The highest BCUT2D eigenvalue weighted by atomic mass is 19.4. The van der Waals surface area contributed by atoms with Crippen molar-refractivity contribution in [2.45, 2.75) is 25.4 Å². The van der Waals surface area contributed by atoms with Crippen LogP contribution >= 0.6 is 0 Å². The van der Waals surface area contributed by atoms with Gasteiger partial charge in [0.1, 0.15) is 5.82 Å². The summed E-state index contributed by atoms with van der Waals surface area (Å²) in [5.41, 5.74) is 8.93. The molecule has 5 rings (SSSR count). The van der Waals surface area contributed by atoms with E-state index in [-0.39, 0.29) is 5.95 Å². The van der Waals surface area contributed by atoms with Crippen molar-refractivity contribution < 1.29 is 13.2 Å². The number of nitrogens with zero attached hydrogens (tertiary/aromatic N) is 5. The van der Waals surface area contributed by atoms with Crippen molar-refractivity contribution in [3.05, 3.63) is 96.1 Å². The van der Waals surface area contributed by atoms with Crippen LogP contribution in [0.3, 0.4) is 0 Å². The van der Waals surface area contributed by atoms with E-state index in [1.165, 1.54) is 11.6 Å². The Morgan fingerprint density at radius 3 is 2.34 bits per heavy atom. The average molecular weight is 474 g/mol. The summed E-state index contributed by atoms with van der Waals surface area (Å²) < 4.78 is 42.1. The van der Waals surface area contributed by atoms with Gasteiger partial charge in [-0.25, -0.2) is 9.38 Å². The van der Waals surface area contributed by atoms with Crippen LogP contribution < -0.4 is 5.73 Å². The lowest BCUT2D eigenvalue weighted by atomic mass is 9.98. The molecular formula is C26H21F3N6. The second kappa shape index (κ2) is 9.17. The second-order valence-electron chi connectivity index (χ2n) is 8.12. The average Bonchev–Trinajstić information content (AvgIpc) is 3.26. The molecule has 0 radical (unpaired) electrons. The number of alkyl halides is 3. The van der Waals surface area contributed by atoms with Crippen molar-refractivity contribution in [2.24, 2.45) is 0 Å². The molecule has 9 heteroatoms. The highest BCUT2D eigenvalue weighted by Gasteiger charge is 2.31. The summed E-state index contributed by atoms with van der Waals surface area (Å²) in [6, 6.07) is 18.7. The van der Waals surface area contributed by atoms with Gasteiger partial charge in [0.2, 0.25) is 5.95 Å². The Balaban J connectivity index is 1.66. The maximum Gasteiger partial charge on any atom is 0.416 e. The zero-order valence-electron chi connectivity index (χ0n) is 18.6. The molecule has 3 aromatic heterocycles. The van der Waals surface area contributed by atoms with Gasteiger partial charge in [-0.2, -0.15) is 13.2 Å². The number of halogens is 3. The largest absolute Gasteiger partial charge is 0.416 e. The summed E-state index contributed by atoms with van der Waals surface area (Å²) in [5, 5.41) is 8.28. The Hall–Kier alpha value is -4.27. The Kier molecular flexibility index (Phi) is 5.90. The number of rotatable bonds is 6. The third-order valence-corrected chi connectivity index (χ3v) is 5.79. The van der Waals surface area contributed by atoms with Gasteiger partial charge >= 0.3 is 6.18 Å². The Labute approximate surface area is 199 Å². The lowest BCUT2D eigenvalue weighted by molar-refractivity contribution is -0.137. The van der Waals surface area contributed by atoms with Crippen LogP contribution in [-0.4, -0.2) is 24.6 Å². The first-order valence-corrected chi connectivity index (χ1v) is 11.1. The van der Waals surface area contributed by atoms with Crippen LogP contribution in [0.2, 0.25) is 0 Å². The molecule has 2 N–H and O–H groups in total. The number of benzene rings is 2. The fourth-order valence-corrected chi connectivity index (χ4v) is 4.15. The fraction of sp³-hybridized carbons (Fsp3) is 0.154. The van der Waals surface area contributed by atoms with Crippen LogP contribution in [0.5, 0.6) is 0 Å². The van der Waals surface area contributed by atoms with Gasteiger partial charge in [-0.15, -0.1) is 10.2 Å². The third kappa shape index (κ3) is 4.57. The molecule has 0 fully saturated rings. The molecule has 3 heterocycles. The summed E-state index contributed by atoms with van der Waals surface area (Å²) >= 11 is 0. The van der Waals surface area contributed by atoms with E-state index in [9.17, 15) is 13.2 Å². The smallest absolute Gasteiger partial charge is 0.368 e. The van der Waals surface area contributed by atoms with Crippen LogP contribution in [0, 0.1) is 0 Å². The van der Waals surface area contributed by atoms with Gasteiger partial charge in [-0.1, -0.05) is 42.5 Å². The highest BCUT2D eigenvalue weighted by Crippen LogP contribution is 2.38. The number of pyridine rings is 1. The van der Waals surface area contributed by atoms with E-state index < -0.39 is 11.7 Å². The quantitative estimate of drug-likeness (QED) is 0.345. The standard InChI is InChI=1S/C26H21F3N6/c27-26(28,29)20-10-5-9-19(16-20)22-23(18-12-14-31-15-13-18)32-21(35-24(22)33-34-25(35)30)11-4-8-17-6-2-1-3-7-17/h1-3,5-7,9-10,12-16H,4,8,11H2,(H2,30,34). The Morgan fingerprint density at radius 1 is 0.829 bits per heavy atom. The topological polar surface area (TPSA) is 82.0 Å². The van der Waals surface area contributed by atoms with Crippen LogP contribution in [0.15, 0.2) is 79.1 Å². The van der Waals surface area contributed by atoms with Crippen LogP contribution in [0.25, 0.3) is 28.0 Å². The normalized spacial score (nSPS) is 11.7. The molecule has 2 aromatic carbocycles. The lowest BCUT2D eigenvalue weighted by Gasteiger charge is -2.16. The number of hydrogen-bond acceptors (Lipinski definition) is 5. The van der Waals surface area contributed by atoms with Gasteiger partial charge < -0.3 is 5.73 Å². The molecule has 0 aliphatic heterocycles. The van der Waals surface area contributed by atoms with Gasteiger partial charge in [0, 0.05) is 24.4 Å². The molecule has 5 aromatic rings. The number of fused-ring (bicyclic) bond motifs is 1. The van der Waals surface area contributed by atoms with Crippen molar-refractivity contribution in [1.29, 1.82) is 0 Å². The van der Waals surface area contributed by atoms with Crippen LogP contribution in [-0.2, 0) is 19.0 Å². The zero-order chi connectivity index (χ0) is 24.4. The number of aromatic nitrogens is 5. The van der Waals surface area contributed by atoms with E-state index >= 15 is 0 Å². The molecule has 0 aliphatic carbocycles. The molecule has 0 spiro atoms. The maximum atomic E-state index is 13.5. The molecule has 0 unspecified atom stereocenters. The molecular weight excluding hydrogens is 453 g/mol. The molecule has 6 nitrogen and oxygen atoms in total. The third-order valence-electron chi connectivity index (χ3n) is 5.79. The first-order valence-electron chi connectivity index (χ1n) is 11.1. The number of nitrogen functional groups attached to an aromatic ring is 1. The molecule has 0 atom stereocenters. The van der Waals surface area contributed by atoms with E-state index in [1.807, 2.05) is 18.2 Å². The number of nitrogens with two attached hydrogens (primary N) is 1. The van der Waals surface area contributed by atoms with Gasteiger partial charge in [0.05, 0.1) is 16.8 Å². The zero-order valence-corrected chi connectivity index (χ0v) is 18.6. The predicted octanol–water partition coefficient (Wildman–Crippen LogP) is 5.63. The molecule has 0 saturated carbocycles. The summed E-state index contributed by atoms with van der Waals surface area (Å²) in [6.07, 6.45) is 0.957.